The molecule has 2 aromatic rings. The van der Waals surface area contributed by atoms with E-state index in [0.29, 0.717) is 36.0 Å². The van der Waals surface area contributed by atoms with Gasteiger partial charge in [0.05, 0.1) is 35.8 Å². The van der Waals surface area contributed by atoms with Crippen LogP contribution in [-0.4, -0.2) is 54.9 Å². The molecule has 182 valence electrons. The first-order chi connectivity index (χ1) is 16.6. The second-order valence-corrected chi connectivity index (χ2v) is 10.8. The SMILES string of the molecule is Cc1ccc(OCCCOc2ccc(/C=C3/C(=N)N4C(=NC3=O)SN=C4S(C)(=O)=O)cc2Cl)cc1. The monoisotopic (exact) mass is 532 g/mol. The van der Waals surface area contributed by atoms with Crippen molar-refractivity contribution in [2.24, 2.45) is 9.39 Å². The predicted octanol–water partition coefficient (Wildman–Crippen LogP) is 4.12. The van der Waals surface area contributed by atoms with Gasteiger partial charge in [0, 0.05) is 12.7 Å². The van der Waals surface area contributed by atoms with Crippen LogP contribution in [0.4, 0.5) is 0 Å². The molecule has 0 aromatic heterocycles. The van der Waals surface area contributed by atoms with E-state index in [0.717, 1.165) is 28.9 Å². The number of amides is 1. The molecule has 2 aliphatic rings. The maximum absolute atomic E-state index is 12.5. The van der Waals surface area contributed by atoms with Gasteiger partial charge in [-0.1, -0.05) is 35.4 Å². The van der Waals surface area contributed by atoms with Crippen LogP contribution in [0.1, 0.15) is 17.5 Å². The van der Waals surface area contributed by atoms with Crippen molar-refractivity contribution in [3.8, 4) is 11.5 Å². The molecule has 0 fully saturated rings. The van der Waals surface area contributed by atoms with E-state index in [-0.39, 0.29) is 21.7 Å². The van der Waals surface area contributed by atoms with Gasteiger partial charge in [-0.15, -0.1) is 0 Å². The first-order valence-electron chi connectivity index (χ1n) is 10.4. The topological polar surface area (TPSA) is 121 Å². The van der Waals surface area contributed by atoms with Gasteiger partial charge in [-0.25, -0.2) is 13.3 Å². The Morgan fingerprint density at radius 1 is 1.14 bits per heavy atom. The molecule has 2 aromatic carbocycles. The highest BCUT2D eigenvalue weighted by Crippen LogP contribution is 2.31. The van der Waals surface area contributed by atoms with Crippen LogP contribution in [0.25, 0.3) is 6.08 Å². The summed E-state index contributed by atoms with van der Waals surface area (Å²) >= 11 is 7.09. The highest BCUT2D eigenvalue weighted by atomic mass is 35.5. The minimum absolute atomic E-state index is 0.0331. The Hall–Kier alpha value is -3.15. The van der Waals surface area contributed by atoms with Gasteiger partial charge in [0.1, 0.15) is 17.3 Å². The number of sulfone groups is 1. The second kappa shape index (κ2) is 10.2. The van der Waals surface area contributed by atoms with Crippen LogP contribution in [-0.2, 0) is 14.6 Å². The Kier molecular flexibility index (Phi) is 7.29. The molecule has 35 heavy (non-hydrogen) atoms. The van der Waals surface area contributed by atoms with E-state index in [4.69, 9.17) is 26.5 Å². The van der Waals surface area contributed by atoms with Crippen molar-refractivity contribution in [3.05, 3.63) is 64.2 Å². The molecule has 12 heteroatoms. The third kappa shape index (κ3) is 5.75. The smallest absolute Gasteiger partial charge is 0.283 e. The van der Waals surface area contributed by atoms with Gasteiger partial charge in [0.15, 0.2) is 0 Å². The molecule has 4 rings (SSSR count). The third-order valence-corrected chi connectivity index (χ3v) is 6.98. The standard InChI is InChI=1S/C23H21ClN4O5S2/c1-14-4-7-16(8-5-14)32-10-3-11-33-19-9-6-15(13-18(19)24)12-17-20(25)28-22(26-21(17)29)34-27-23(28)35(2,30)31/h4-9,12-13,25H,3,10-11H2,1-2H3/b17-12-,25-20?. The van der Waals surface area contributed by atoms with Crippen molar-refractivity contribution in [2.75, 3.05) is 19.5 Å². The number of nitrogens with one attached hydrogen (secondary N) is 1. The molecule has 0 aliphatic carbocycles. The molecule has 1 N–H and O–H groups in total. The highest BCUT2D eigenvalue weighted by Gasteiger charge is 2.41. The lowest BCUT2D eigenvalue weighted by atomic mass is 10.1. The number of carbonyl (C=O) groups excluding carboxylic acids is 1. The van der Waals surface area contributed by atoms with Crippen LogP contribution < -0.4 is 9.47 Å². The minimum atomic E-state index is -3.71. The Morgan fingerprint density at radius 2 is 1.86 bits per heavy atom. The maximum Gasteiger partial charge on any atom is 0.283 e. The lowest BCUT2D eigenvalue weighted by Gasteiger charge is -2.23. The Bertz CT molecular complexity index is 1390. The summed E-state index contributed by atoms with van der Waals surface area (Å²) in [4.78, 5) is 17.4. The number of halogens is 1. The Labute approximate surface area is 212 Å². The fraction of sp³-hybridized carbons (Fsp3) is 0.217. The summed E-state index contributed by atoms with van der Waals surface area (Å²) in [7, 11) is -3.71. The zero-order valence-electron chi connectivity index (χ0n) is 18.8. The average Bonchev–Trinajstić information content (AvgIpc) is 3.23. The van der Waals surface area contributed by atoms with Crippen LogP contribution in [0.3, 0.4) is 0 Å². The maximum atomic E-state index is 12.5. The zero-order chi connectivity index (χ0) is 25.2. The number of hydrogen-bond donors (Lipinski definition) is 1. The first kappa shape index (κ1) is 25.0. The molecular formula is C23H21ClN4O5S2. The van der Waals surface area contributed by atoms with E-state index >= 15 is 0 Å². The molecular weight excluding hydrogens is 512 g/mol. The Morgan fingerprint density at radius 3 is 2.54 bits per heavy atom. The molecule has 0 radical (unpaired) electrons. The summed E-state index contributed by atoms with van der Waals surface area (Å²) in [6.45, 7) is 2.90. The molecule has 0 atom stereocenters. The van der Waals surface area contributed by atoms with Crippen molar-refractivity contribution >= 4 is 61.5 Å². The molecule has 0 bridgehead atoms. The summed E-state index contributed by atoms with van der Waals surface area (Å²) in [5.41, 5.74) is 1.62. The molecule has 1 amide bonds. The number of hydrogen-bond acceptors (Lipinski definition) is 8. The number of amidine groups is 3. The quantitative estimate of drug-likeness (QED) is 0.323. The van der Waals surface area contributed by atoms with E-state index < -0.39 is 15.7 Å². The Balaban J connectivity index is 1.39. The highest BCUT2D eigenvalue weighted by molar-refractivity contribution is 8.16. The molecule has 0 saturated heterocycles. The predicted molar refractivity (Wildman–Crippen MR) is 138 cm³/mol. The van der Waals surface area contributed by atoms with Crippen molar-refractivity contribution in [3.63, 3.8) is 0 Å². The number of benzene rings is 2. The van der Waals surface area contributed by atoms with Crippen LogP contribution >= 0.6 is 23.5 Å². The van der Waals surface area contributed by atoms with Crippen LogP contribution in [0.15, 0.2) is 57.4 Å². The van der Waals surface area contributed by atoms with Gasteiger partial charge in [0.2, 0.25) is 20.2 Å². The van der Waals surface area contributed by atoms with Crippen LogP contribution in [0.5, 0.6) is 11.5 Å². The molecule has 0 unspecified atom stereocenters. The average molecular weight is 533 g/mol. The lowest BCUT2D eigenvalue weighted by molar-refractivity contribution is -0.114. The molecule has 9 nitrogen and oxygen atoms in total. The van der Waals surface area contributed by atoms with Gasteiger partial charge >= 0.3 is 0 Å². The summed E-state index contributed by atoms with van der Waals surface area (Å²) in [5.74, 6) is 0.285. The number of nitrogens with zero attached hydrogens (tertiary/aromatic N) is 3. The summed E-state index contributed by atoms with van der Waals surface area (Å²) in [6.07, 6.45) is 3.06. The molecule has 2 aliphatic heterocycles. The van der Waals surface area contributed by atoms with Crippen LogP contribution in [0.2, 0.25) is 5.02 Å². The molecule has 0 spiro atoms. The second-order valence-electron chi connectivity index (χ2n) is 7.73. The fourth-order valence-electron chi connectivity index (χ4n) is 3.19. The van der Waals surface area contributed by atoms with Gasteiger partial charge in [-0.05, 0) is 42.8 Å². The van der Waals surface area contributed by atoms with Crippen LogP contribution in [0, 0.1) is 12.3 Å². The number of aryl methyl sites for hydroxylation is 1. The van der Waals surface area contributed by atoms with E-state index in [1.165, 1.54) is 11.6 Å². The fourth-order valence-corrected chi connectivity index (χ4v) is 5.28. The van der Waals surface area contributed by atoms with Crippen molar-refractivity contribution in [2.45, 2.75) is 13.3 Å². The zero-order valence-corrected chi connectivity index (χ0v) is 21.2. The van der Waals surface area contributed by atoms with Gasteiger partial charge < -0.3 is 9.47 Å². The summed E-state index contributed by atoms with van der Waals surface area (Å²) in [5, 5.41) is 8.41. The van der Waals surface area contributed by atoms with Crippen molar-refractivity contribution in [1.29, 1.82) is 5.41 Å². The lowest BCUT2D eigenvalue weighted by Crippen LogP contribution is -2.45. The summed E-state index contributed by atoms with van der Waals surface area (Å²) in [6, 6.07) is 12.7. The molecule has 2 heterocycles. The van der Waals surface area contributed by atoms with E-state index in [1.807, 2.05) is 31.2 Å². The summed E-state index contributed by atoms with van der Waals surface area (Å²) < 4.78 is 39.2. The van der Waals surface area contributed by atoms with E-state index in [1.54, 1.807) is 18.2 Å². The number of fused-ring (bicyclic) bond motifs is 1. The van der Waals surface area contributed by atoms with Crippen molar-refractivity contribution in [1.82, 2.24) is 4.90 Å². The minimum Gasteiger partial charge on any atom is -0.493 e. The van der Waals surface area contributed by atoms with Gasteiger partial charge in [0.25, 0.3) is 5.91 Å². The van der Waals surface area contributed by atoms with Gasteiger partial charge in [-0.2, -0.15) is 9.39 Å². The number of rotatable bonds is 7. The van der Waals surface area contributed by atoms with E-state index in [2.05, 4.69) is 9.39 Å². The first-order valence-corrected chi connectivity index (χ1v) is 13.5. The molecule has 0 saturated carbocycles. The van der Waals surface area contributed by atoms with Crippen molar-refractivity contribution < 1.29 is 22.7 Å². The van der Waals surface area contributed by atoms with Gasteiger partial charge in [-0.3, -0.25) is 10.2 Å². The third-order valence-electron chi connectivity index (χ3n) is 4.93. The van der Waals surface area contributed by atoms with E-state index in [9.17, 15) is 13.2 Å². The normalized spacial score (nSPS) is 16.8. The number of aliphatic imine (C=N–C) groups is 1. The number of ether oxygens (including phenoxy) is 2. The largest absolute Gasteiger partial charge is 0.493 e. The number of carbonyl (C=O) groups is 1.